The summed E-state index contributed by atoms with van der Waals surface area (Å²) in [5.41, 5.74) is 1.73. The van der Waals surface area contributed by atoms with E-state index in [0.29, 0.717) is 5.02 Å². The average Bonchev–Trinajstić information content (AvgIpc) is 2.28. The summed E-state index contributed by atoms with van der Waals surface area (Å²) < 4.78 is 0. The van der Waals surface area contributed by atoms with E-state index in [1.165, 1.54) is 0 Å². The highest BCUT2D eigenvalue weighted by atomic mass is 35.5. The molecule has 0 unspecified atom stereocenters. The number of nitrogens with zero attached hydrogens (tertiary/aromatic N) is 1. The molecule has 0 aromatic heterocycles. The second kappa shape index (κ2) is 4.81. The van der Waals surface area contributed by atoms with Crippen molar-refractivity contribution in [1.29, 1.82) is 0 Å². The molecular formula is C13H10ClNO. The van der Waals surface area contributed by atoms with Crippen molar-refractivity contribution in [2.45, 2.75) is 0 Å². The Balaban J connectivity index is 2.18. The van der Waals surface area contributed by atoms with Crippen molar-refractivity contribution in [3.8, 4) is 5.75 Å². The van der Waals surface area contributed by atoms with Gasteiger partial charge in [0.2, 0.25) is 0 Å². The van der Waals surface area contributed by atoms with Crippen LogP contribution in [0.25, 0.3) is 0 Å². The predicted molar refractivity (Wildman–Crippen MR) is 66.8 cm³/mol. The van der Waals surface area contributed by atoms with E-state index in [-0.39, 0.29) is 5.75 Å². The van der Waals surface area contributed by atoms with Gasteiger partial charge in [-0.2, -0.15) is 0 Å². The van der Waals surface area contributed by atoms with Crippen molar-refractivity contribution in [2.24, 2.45) is 4.99 Å². The van der Waals surface area contributed by atoms with Crippen molar-refractivity contribution in [3.63, 3.8) is 0 Å². The standard InChI is InChI=1S/C13H10ClNO/c14-11-2-1-3-12(8-11)15-9-10-4-6-13(16)7-5-10/h1-9,16H. The van der Waals surface area contributed by atoms with E-state index in [9.17, 15) is 0 Å². The molecule has 0 heterocycles. The molecule has 0 aliphatic rings. The normalized spacial score (nSPS) is 10.8. The van der Waals surface area contributed by atoms with E-state index in [0.717, 1.165) is 11.3 Å². The lowest BCUT2D eigenvalue weighted by Crippen LogP contribution is -1.78. The third-order valence-electron chi connectivity index (χ3n) is 2.06. The molecule has 2 aromatic rings. The minimum Gasteiger partial charge on any atom is -0.508 e. The fraction of sp³-hybridized carbons (Fsp3) is 0. The van der Waals surface area contributed by atoms with Crippen molar-refractivity contribution in [3.05, 3.63) is 59.1 Å². The van der Waals surface area contributed by atoms with Gasteiger partial charge >= 0.3 is 0 Å². The van der Waals surface area contributed by atoms with Crippen LogP contribution < -0.4 is 0 Å². The Bertz CT molecular complexity index is 506. The molecule has 0 radical (unpaired) electrons. The highest BCUT2D eigenvalue weighted by Crippen LogP contribution is 2.17. The van der Waals surface area contributed by atoms with Crippen molar-refractivity contribution >= 4 is 23.5 Å². The van der Waals surface area contributed by atoms with Crippen molar-refractivity contribution in [2.75, 3.05) is 0 Å². The molecule has 0 saturated heterocycles. The van der Waals surface area contributed by atoms with Gasteiger partial charge in [0.25, 0.3) is 0 Å². The molecule has 2 rings (SSSR count). The van der Waals surface area contributed by atoms with Gasteiger partial charge in [-0.05, 0) is 48.0 Å². The van der Waals surface area contributed by atoms with Gasteiger partial charge in [0.1, 0.15) is 5.75 Å². The first kappa shape index (κ1) is 10.7. The van der Waals surface area contributed by atoms with Crippen LogP contribution in [0.3, 0.4) is 0 Å². The average molecular weight is 232 g/mol. The minimum atomic E-state index is 0.250. The molecule has 3 heteroatoms. The Labute approximate surface area is 98.8 Å². The molecule has 0 aliphatic carbocycles. The number of aromatic hydroxyl groups is 1. The zero-order chi connectivity index (χ0) is 11.4. The molecule has 16 heavy (non-hydrogen) atoms. The second-order valence-electron chi connectivity index (χ2n) is 3.33. The topological polar surface area (TPSA) is 32.6 Å². The molecule has 1 N–H and O–H groups in total. The lowest BCUT2D eigenvalue weighted by molar-refractivity contribution is 0.475. The summed E-state index contributed by atoms with van der Waals surface area (Å²) in [5.74, 6) is 0.250. The van der Waals surface area contributed by atoms with Crippen molar-refractivity contribution < 1.29 is 5.11 Å². The van der Waals surface area contributed by atoms with Gasteiger partial charge in [0.15, 0.2) is 0 Å². The van der Waals surface area contributed by atoms with Crippen LogP contribution in [0, 0.1) is 0 Å². The highest BCUT2D eigenvalue weighted by Gasteiger charge is 1.91. The van der Waals surface area contributed by atoms with E-state index >= 15 is 0 Å². The Morgan fingerprint density at radius 3 is 2.50 bits per heavy atom. The molecule has 0 bridgehead atoms. The minimum absolute atomic E-state index is 0.250. The Hall–Kier alpha value is -1.80. The smallest absolute Gasteiger partial charge is 0.115 e. The Morgan fingerprint density at radius 1 is 1.06 bits per heavy atom. The number of aliphatic imine (C=N–C) groups is 1. The first-order valence-corrected chi connectivity index (χ1v) is 5.20. The summed E-state index contributed by atoms with van der Waals surface area (Å²) in [6.07, 6.45) is 1.73. The molecule has 0 fully saturated rings. The monoisotopic (exact) mass is 231 g/mol. The quantitative estimate of drug-likeness (QED) is 0.784. The molecule has 2 nitrogen and oxygen atoms in total. The molecule has 0 atom stereocenters. The fourth-order valence-electron chi connectivity index (χ4n) is 1.27. The second-order valence-corrected chi connectivity index (χ2v) is 3.77. The van der Waals surface area contributed by atoms with Crippen LogP contribution in [0.5, 0.6) is 5.75 Å². The molecule has 0 saturated carbocycles. The predicted octanol–water partition coefficient (Wildman–Crippen LogP) is 3.80. The van der Waals surface area contributed by atoms with Crippen LogP contribution in [0.15, 0.2) is 53.5 Å². The largest absolute Gasteiger partial charge is 0.508 e. The fourth-order valence-corrected chi connectivity index (χ4v) is 1.45. The summed E-state index contributed by atoms with van der Waals surface area (Å²) in [4.78, 5) is 4.28. The zero-order valence-electron chi connectivity index (χ0n) is 8.47. The summed E-state index contributed by atoms with van der Waals surface area (Å²) >= 11 is 5.84. The SMILES string of the molecule is Oc1ccc(C=Nc2cccc(Cl)c2)cc1. The Kier molecular flexibility index (Phi) is 3.22. The van der Waals surface area contributed by atoms with E-state index in [1.807, 2.05) is 12.1 Å². The van der Waals surface area contributed by atoms with Gasteiger partial charge in [0.05, 0.1) is 5.69 Å². The number of hydrogen-bond donors (Lipinski definition) is 1. The van der Waals surface area contributed by atoms with Crippen LogP contribution in [0.1, 0.15) is 5.56 Å². The van der Waals surface area contributed by atoms with Crippen LogP contribution in [-0.4, -0.2) is 11.3 Å². The number of rotatable bonds is 2. The van der Waals surface area contributed by atoms with E-state index in [4.69, 9.17) is 16.7 Å². The van der Waals surface area contributed by atoms with Gasteiger partial charge in [-0.1, -0.05) is 17.7 Å². The maximum atomic E-state index is 9.12. The number of halogens is 1. The highest BCUT2D eigenvalue weighted by molar-refractivity contribution is 6.30. The van der Waals surface area contributed by atoms with Gasteiger partial charge in [0, 0.05) is 11.2 Å². The van der Waals surface area contributed by atoms with E-state index in [1.54, 1.807) is 42.6 Å². The van der Waals surface area contributed by atoms with Crippen LogP contribution in [-0.2, 0) is 0 Å². The van der Waals surface area contributed by atoms with Crippen LogP contribution >= 0.6 is 11.6 Å². The van der Waals surface area contributed by atoms with Crippen molar-refractivity contribution in [1.82, 2.24) is 0 Å². The van der Waals surface area contributed by atoms with Crippen LogP contribution in [0.2, 0.25) is 5.02 Å². The van der Waals surface area contributed by atoms with Gasteiger partial charge in [-0.25, -0.2) is 0 Å². The third kappa shape index (κ3) is 2.84. The summed E-state index contributed by atoms with van der Waals surface area (Å²) in [6.45, 7) is 0. The van der Waals surface area contributed by atoms with Gasteiger partial charge in [-0.15, -0.1) is 0 Å². The first-order chi connectivity index (χ1) is 7.74. The van der Waals surface area contributed by atoms with Gasteiger partial charge < -0.3 is 5.11 Å². The number of phenolic OH excluding ortho intramolecular Hbond substituents is 1. The van der Waals surface area contributed by atoms with Crippen LogP contribution in [0.4, 0.5) is 5.69 Å². The first-order valence-electron chi connectivity index (χ1n) is 4.83. The molecule has 80 valence electrons. The molecule has 0 amide bonds. The molecular weight excluding hydrogens is 222 g/mol. The molecule has 2 aromatic carbocycles. The summed E-state index contributed by atoms with van der Waals surface area (Å²) in [7, 11) is 0. The van der Waals surface area contributed by atoms with E-state index < -0.39 is 0 Å². The molecule has 0 spiro atoms. The maximum Gasteiger partial charge on any atom is 0.115 e. The summed E-state index contributed by atoms with van der Waals surface area (Å²) in [6, 6.07) is 14.2. The number of hydrogen-bond acceptors (Lipinski definition) is 2. The van der Waals surface area contributed by atoms with E-state index in [2.05, 4.69) is 4.99 Å². The summed E-state index contributed by atoms with van der Waals surface area (Å²) in [5, 5.41) is 9.78. The Morgan fingerprint density at radius 2 is 1.81 bits per heavy atom. The lowest BCUT2D eigenvalue weighted by Gasteiger charge is -1.95. The lowest BCUT2D eigenvalue weighted by atomic mass is 10.2. The maximum absolute atomic E-state index is 9.12. The zero-order valence-corrected chi connectivity index (χ0v) is 9.22. The van der Waals surface area contributed by atoms with Gasteiger partial charge in [-0.3, -0.25) is 4.99 Å². The third-order valence-corrected chi connectivity index (χ3v) is 2.30. The number of phenols is 1. The molecule has 0 aliphatic heterocycles. The number of benzene rings is 2.